The maximum atomic E-state index is 8.67. The van der Waals surface area contributed by atoms with Crippen molar-refractivity contribution in [3.63, 3.8) is 0 Å². The van der Waals surface area contributed by atoms with Gasteiger partial charge in [-0.1, -0.05) is 25.4 Å². The molecular weight excluding hydrogens is 178 g/mol. The molecule has 1 heterocycles. The second kappa shape index (κ2) is 5.81. The fourth-order valence-electron chi connectivity index (χ4n) is 1.51. The molecule has 0 aliphatic rings. The van der Waals surface area contributed by atoms with Crippen LogP contribution in [0.3, 0.4) is 0 Å². The highest BCUT2D eigenvalue weighted by molar-refractivity contribution is 5.09. The van der Waals surface area contributed by atoms with E-state index in [0.29, 0.717) is 5.92 Å². The topological polar surface area (TPSA) is 46.3 Å². The van der Waals surface area contributed by atoms with Crippen LogP contribution in [0.1, 0.15) is 50.5 Å². The van der Waals surface area contributed by atoms with Gasteiger partial charge in [0.2, 0.25) is 0 Å². The maximum Gasteiger partial charge on any atom is 0.137 e. The van der Waals surface area contributed by atoms with Crippen molar-refractivity contribution in [2.75, 3.05) is 6.61 Å². The molecule has 1 unspecified atom stereocenters. The van der Waals surface area contributed by atoms with Crippen LogP contribution in [0, 0.1) is 0 Å². The van der Waals surface area contributed by atoms with Crippen molar-refractivity contribution in [2.45, 2.75) is 45.4 Å². The van der Waals surface area contributed by atoms with Crippen LogP contribution in [-0.2, 0) is 6.42 Å². The Kier molecular flexibility index (Phi) is 4.66. The summed E-state index contributed by atoms with van der Waals surface area (Å²) in [4.78, 5) is 0. The van der Waals surface area contributed by atoms with E-state index >= 15 is 0 Å². The SMILES string of the molecule is CCCC(C)c1cc(CCCO)on1. The average molecular weight is 197 g/mol. The number of aliphatic hydroxyl groups excluding tert-OH is 1. The third kappa shape index (κ3) is 3.14. The van der Waals surface area contributed by atoms with E-state index in [1.54, 1.807) is 0 Å². The normalized spacial score (nSPS) is 13.1. The lowest BCUT2D eigenvalue weighted by atomic mass is 10.0. The fourth-order valence-corrected chi connectivity index (χ4v) is 1.51. The zero-order chi connectivity index (χ0) is 10.4. The van der Waals surface area contributed by atoms with Gasteiger partial charge in [-0.25, -0.2) is 0 Å². The van der Waals surface area contributed by atoms with Crippen LogP contribution in [0.15, 0.2) is 10.6 Å². The molecule has 0 aliphatic heterocycles. The van der Waals surface area contributed by atoms with E-state index in [9.17, 15) is 0 Å². The van der Waals surface area contributed by atoms with Crippen LogP contribution in [0.25, 0.3) is 0 Å². The molecule has 14 heavy (non-hydrogen) atoms. The van der Waals surface area contributed by atoms with Crippen LogP contribution >= 0.6 is 0 Å². The zero-order valence-electron chi connectivity index (χ0n) is 8.99. The van der Waals surface area contributed by atoms with E-state index in [1.807, 2.05) is 6.07 Å². The largest absolute Gasteiger partial charge is 0.396 e. The van der Waals surface area contributed by atoms with E-state index in [0.717, 1.165) is 30.7 Å². The summed E-state index contributed by atoms with van der Waals surface area (Å²) in [5, 5.41) is 12.7. The van der Waals surface area contributed by atoms with Gasteiger partial charge in [-0.15, -0.1) is 0 Å². The molecule has 0 aliphatic carbocycles. The first-order valence-corrected chi connectivity index (χ1v) is 5.34. The summed E-state index contributed by atoms with van der Waals surface area (Å²) < 4.78 is 5.17. The molecule has 0 saturated carbocycles. The summed E-state index contributed by atoms with van der Waals surface area (Å²) in [6, 6.07) is 2.01. The molecule has 0 saturated heterocycles. The van der Waals surface area contributed by atoms with Crippen molar-refractivity contribution in [3.8, 4) is 0 Å². The number of aromatic nitrogens is 1. The summed E-state index contributed by atoms with van der Waals surface area (Å²) in [7, 11) is 0. The molecule has 0 bridgehead atoms. The van der Waals surface area contributed by atoms with Crippen LogP contribution in [0.5, 0.6) is 0 Å². The summed E-state index contributed by atoms with van der Waals surface area (Å²) in [6.45, 7) is 4.54. The van der Waals surface area contributed by atoms with E-state index in [2.05, 4.69) is 19.0 Å². The molecule has 80 valence electrons. The predicted octanol–water partition coefficient (Wildman–Crippen LogP) is 2.50. The van der Waals surface area contributed by atoms with E-state index < -0.39 is 0 Å². The molecule has 1 N–H and O–H groups in total. The zero-order valence-corrected chi connectivity index (χ0v) is 8.99. The summed E-state index contributed by atoms with van der Waals surface area (Å²) in [5.41, 5.74) is 1.04. The standard InChI is InChI=1S/C11H19NO2/c1-3-5-9(2)11-8-10(14-12-11)6-4-7-13/h8-9,13H,3-7H2,1-2H3. The molecule has 0 amide bonds. The lowest BCUT2D eigenvalue weighted by Crippen LogP contribution is -1.92. The molecule has 0 fully saturated rings. The lowest BCUT2D eigenvalue weighted by molar-refractivity contribution is 0.279. The lowest BCUT2D eigenvalue weighted by Gasteiger charge is -2.03. The Morgan fingerprint density at radius 2 is 2.36 bits per heavy atom. The quantitative estimate of drug-likeness (QED) is 0.762. The number of aryl methyl sites for hydroxylation is 1. The molecular formula is C11H19NO2. The molecule has 0 aromatic carbocycles. The Hall–Kier alpha value is -0.830. The maximum absolute atomic E-state index is 8.67. The van der Waals surface area contributed by atoms with Gasteiger partial charge in [0, 0.05) is 25.0 Å². The molecule has 1 aromatic heterocycles. The summed E-state index contributed by atoms with van der Waals surface area (Å²) in [6.07, 6.45) is 3.84. The Morgan fingerprint density at radius 3 is 3.00 bits per heavy atom. The Labute approximate surface area is 85.1 Å². The minimum absolute atomic E-state index is 0.209. The average Bonchev–Trinajstić information content (AvgIpc) is 2.63. The molecule has 1 aromatic rings. The summed E-state index contributed by atoms with van der Waals surface area (Å²) in [5.74, 6) is 1.36. The third-order valence-corrected chi connectivity index (χ3v) is 2.39. The smallest absolute Gasteiger partial charge is 0.137 e. The van der Waals surface area contributed by atoms with E-state index in [4.69, 9.17) is 9.63 Å². The van der Waals surface area contributed by atoms with Crippen molar-refractivity contribution in [2.24, 2.45) is 0 Å². The number of hydrogen-bond acceptors (Lipinski definition) is 3. The van der Waals surface area contributed by atoms with Gasteiger partial charge in [0.25, 0.3) is 0 Å². The minimum Gasteiger partial charge on any atom is -0.396 e. The second-order valence-electron chi connectivity index (χ2n) is 3.73. The summed E-state index contributed by atoms with van der Waals surface area (Å²) >= 11 is 0. The first-order chi connectivity index (χ1) is 6.77. The van der Waals surface area contributed by atoms with Crippen molar-refractivity contribution in [3.05, 3.63) is 17.5 Å². The van der Waals surface area contributed by atoms with Gasteiger partial charge in [0.05, 0.1) is 5.69 Å². The van der Waals surface area contributed by atoms with Crippen molar-refractivity contribution in [1.29, 1.82) is 0 Å². The van der Waals surface area contributed by atoms with Crippen molar-refractivity contribution in [1.82, 2.24) is 5.16 Å². The van der Waals surface area contributed by atoms with Crippen LogP contribution in [0.2, 0.25) is 0 Å². The van der Waals surface area contributed by atoms with Gasteiger partial charge in [-0.05, 0) is 12.8 Å². The Morgan fingerprint density at radius 1 is 1.57 bits per heavy atom. The van der Waals surface area contributed by atoms with Crippen LogP contribution in [0.4, 0.5) is 0 Å². The van der Waals surface area contributed by atoms with Gasteiger partial charge < -0.3 is 9.63 Å². The Balaban J connectivity index is 2.49. The van der Waals surface area contributed by atoms with Gasteiger partial charge in [0.1, 0.15) is 5.76 Å². The molecule has 3 heteroatoms. The second-order valence-corrected chi connectivity index (χ2v) is 3.73. The van der Waals surface area contributed by atoms with Gasteiger partial charge in [-0.3, -0.25) is 0 Å². The van der Waals surface area contributed by atoms with Crippen molar-refractivity contribution < 1.29 is 9.63 Å². The molecule has 3 nitrogen and oxygen atoms in total. The molecule has 1 rings (SSSR count). The van der Waals surface area contributed by atoms with Crippen molar-refractivity contribution >= 4 is 0 Å². The van der Waals surface area contributed by atoms with Gasteiger partial charge in [-0.2, -0.15) is 0 Å². The fraction of sp³-hybridized carbons (Fsp3) is 0.727. The number of hydrogen-bond donors (Lipinski definition) is 1. The van der Waals surface area contributed by atoms with E-state index in [1.165, 1.54) is 6.42 Å². The van der Waals surface area contributed by atoms with Crippen LogP contribution < -0.4 is 0 Å². The van der Waals surface area contributed by atoms with Gasteiger partial charge >= 0.3 is 0 Å². The molecule has 0 radical (unpaired) electrons. The van der Waals surface area contributed by atoms with Crippen LogP contribution in [-0.4, -0.2) is 16.9 Å². The van der Waals surface area contributed by atoms with Gasteiger partial charge in [0.15, 0.2) is 0 Å². The highest BCUT2D eigenvalue weighted by atomic mass is 16.5. The number of nitrogens with zero attached hydrogens (tertiary/aromatic N) is 1. The first-order valence-electron chi connectivity index (χ1n) is 5.34. The number of aliphatic hydroxyl groups is 1. The number of rotatable bonds is 6. The highest BCUT2D eigenvalue weighted by Crippen LogP contribution is 2.20. The molecule has 1 atom stereocenters. The minimum atomic E-state index is 0.209. The monoisotopic (exact) mass is 197 g/mol. The predicted molar refractivity (Wildman–Crippen MR) is 55.2 cm³/mol. The highest BCUT2D eigenvalue weighted by Gasteiger charge is 2.10. The van der Waals surface area contributed by atoms with E-state index in [-0.39, 0.29) is 6.61 Å². The Bertz CT molecular complexity index is 258. The first kappa shape index (κ1) is 11.2. The third-order valence-electron chi connectivity index (χ3n) is 2.39. The molecule has 0 spiro atoms.